The Morgan fingerprint density at radius 3 is 0.786 bits per heavy atom. The van der Waals surface area contributed by atoms with Gasteiger partial charge in [0.25, 0.3) is 0 Å². The van der Waals surface area contributed by atoms with Crippen LogP contribution in [0.4, 0.5) is 0 Å². The second-order valence-corrected chi connectivity index (χ2v) is 34.7. The molecule has 0 saturated carbocycles. The van der Waals surface area contributed by atoms with Crippen molar-refractivity contribution in [2.24, 2.45) is 5.41 Å². The largest absolute Gasteiger partial charge is 0.394 e. The maximum absolute atomic E-state index is 13.3. The van der Waals surface area contributed by atoms with E-state index in [1.807, 2.05) is 0 Å². The molecule has 34 N–H and O–H groups in total. The van der Waals surface area contributed by atoms with Crippen molar-refractivity contribution in [3.05, 3.63) is 0 Å². The maximum atomic E-state index is 13.3. The number of hydrogen-bond donors (Lipinski definition) is 34. The van der Waals surface area contributed by atoms with Gasteiger partial charge in [0.15, 0.2) is 62.9 Å². The molecule has 57 nitrogen and oxygen atoms in total. The number of carbonyl (C=O) groups is 2. The van der Waals surface area contributed by atoms with Crippen LogP contribution in [-0.2, 0) is 109 Å². The summed E-state index contributed by atoms with van der Waals surface area (Å²) in [6.07, 6.45) is -115. The molecular weight excluding hydrogens is 1800 g/mol. The molecule has 0 aromatic carbocycles. The maximum Gasteiger partial charge on any atom is 0.217 e. The molecule has 11 aliphatic rings. The van der Waals surface area contributed by atoms with E-state index in [9.17, 15) is 173 Å². The van der Waals surface area contributed by atoms with Gasteiger partial charge in [0.05, 0.1) is 84.8 Å². The number of hydrogen-bond acceptors (Lipinski definition) is 55. The minimum Gasteiger partial charge on any atom is -0.394 e. The van der Waals surface area contributed by atoms with E-state index in [0.29, 0.717) is 0 Å². The minimum atomic E-state index is -2.68. The molecule has 131 heavy (non-hydrogen) atoms. The second kappa shape index (κ2) is 46.5. The minimum absolute atomic E-state index is 0.662. The fourth-order valence-electron chi connectivity index (χ4n) is 17.2. The first-order valence-electron chi connectivity index (χ1n) is 42.2. The van der Waals surface area contributed by atoms with Crippen molar-refractivity contribution in [1.82, 2.24) is 10.6 Å². The summed E-state index contributed by atoms with van der Waals surface area (Å²) < 4.78 is 125. The molecule has 0 bridgehead atoms. The van der Waals surface area contributed by atoms with E-state index in [4.69, 9.17) is 99.5 Å². The summed E-state index contributed by atoms with van der Waals surface area (Å²) >= 11 is 0. The van der Waals surface area contributed by atoms with Gasteiger partial charge in [-0.15, -0.1) is 0 Å². The van der Waals surface area contributed by atoms with Gasteiger partial charge in [-0.1, -0.05) is 20.8 Å². The van der Waals surface area contributed by atoms with Crippen LogP contribution in [0.25, 0.3) is 0 Å². The predicted octanol–water partition coefficient (Wildman–Crippen LogP) is -22.6. The van der Waals surface area contributed by atoms with Gasteiger partial charge < -0.3 is 274 Å². The topological polar surface area (TPSA) is 899 Å². The number of carbonyl (C=O) groups excluding carboxylic acids is 2. The van der Waals surface area contributed by atoms with Crippen LogP contribution >= 0.6 is 0 Å². The van der Waals surface area contributed by atoms with Crippen LogP contribution in [0.5, 0.6) is 0 Å². The highest BCUT2D eigenvalue weighted by molar-refractivity contribution is 5.73. The van der Waals surface area contributed by atoms with E-state index >= 15 is 0 Å². The van der Waals surface area contributed by atoms with Crippen molar-refractivity contribution >= 4 is 11.8 Å². The summed E-state index contributed by atoms with van der Waals surface area (Å²) in [6, 6.07) is -3.26. The molecule has 11 aliphatic heterocycles. The normalized spacial score (nSPS) is 50.9. The monoisotopic (exact) mass is 1920 g/mol. The van der Waals surface area contributed by atoms with Crippen LogP contribution in [0, 0.1) is 5.41 Å². The molecular formula is C74H126N2O55. The summed E-state index contributed by atoms with van der Waals surface area (Å²) in [4.78, 5) is 25.9. The zero-order valence-corrected chi connectivity index (χ0v) is 70.7. The molecule has 2 amide bonds. The van der Waals surface area contributed by atoms with Crippen molar-refractivity contribution in [2.75, 3.05) is 72.7 Å². The average molecular weight is 1920 g/mol. The lowest BCUT2D eigenvalue weighted by atomic mass is 9.78. The van der Waals surface area contributed by atoms with E-state index in [-0.39, 0.29) is 0 Å². The summed E-state index contributed by atoms with van der Waals surface area (Å²) in [5.41, 5.74) is -0.872. The fraction of sp³-hybridized carbons (Fsp3) is 0.973. The fourth-order valence-corrected chi connectivity index (χ4v) is 17.2. The first-order chi connectivity index (χ1) is 61.9. The molecule has 0 aliphatic carbocycles. The summed E-state index contributed by atoms with van der Waals surface area (Å²) in [5.74, 6) is -1.62. The SMILES string of the molecule is CC(=O)NC1C(C(C)(C)C)OC(CO)[C@H](O[C@@H]2OC(CO)[C@H](O[C@@H]3OC(CO[C@@H]4OC(CO[C@@H]5OC(CO)[C@H](O)[C@H](O)C5O[C@@H]5OC(CO)[C@H](O)[C@H](O)C5O)[C@H](O)[C@H](O[C@H]5O[C@H](CO)[C@@H](O)C(O)C5O[C@H]5O[C@H](CO)[C@@H](O)C(O)C5O)C4O)[C@H](O)[C@H](O[C@H]4O[C@H](CO)[C@@H](O)C(O)C4O[C@H]4O[C@H](CO)[C@@H](O)C(O)C4O[C@H]4O[C@H](CO)[C@@H](O)C(O)C4O)C3O)[C@H](O)C2NC(C)=O)[C@@H]1O. The Morgan fingerprint density at radius 1 is 0.221 bits per heavy atom. The first-order valence-corrected chi connectivity index (χ1v) is 42.2. The summed E-state index contributed by atoms with van der Waals surface area (Å²) in [7, 11) is 0. The van der Waals surface area contributed by atoms with E-state index < -0.39 is 427 Å². The van der Waals surface area contributed by atoms with E-state index in [1.165, 1.54) is 0 Å². The summed E-state index contributed by atoms with van der Waals surface area (Å²) in [5, 5.41) is 364. The van der Waals surface area contributed by atoms with Gasteiger partial charge >= 0.3 is 0 Å². The number of nitrogens with one attached hydrogen (secondary N) is 2. The Bertz CT molecular complexity index is 3490. The Hall–Kier alpha value is -3.18. The highest BCUT2D eigenvalue weighted by atomic mass is 16.8. The van der Waals surface area contributed by atoms with Crippen LogP contribution < -0.4 is 10.6 Å². The van der Waals surface area contributed by atoms with Crippen LogP contribution in [0.2, 0.25) is 0 Å². The van der Waals surface area contributed by atoms with Gasteiger partial charge in [-0.3, -0.25) is 9.59 Å². The van der Waals surface area contributed by atoms with Crippen molar-refractivity contribution in [3.63, 3.8) is 0 Å². The molecule has 55 atom stereocenters. The second-order valence-electron chi connectivity index (χ2n) is 34.7. The van der Waals surface area contributed by atoms with Crippen molar-refractivity contribution in [3.8, 4) is 0 Å². The van der Waals surface area contributed by atoms with Crippen LogP contribution in [0.1, 0.15) is 34.6 Å². The molecule has 0 aromatic rings. The number of ether oxygens (including phenoxy) is 21. The van der Waals surface area contributed by atoms with Gasteiger partial charge in [0.1, 0.15) is 262 Å². The lowest BCUT2D eigenvalue weighted by Gasteiger charge is -2.52. The van der Waals surface area contributed by atoms with Gasteiger partial charge in [-0.25, -0.2) is 0 Å². The molecule has 57 heteroatoms. The Morgan fingerprint density at radius 2 is 0.450 bits per heavy atom. The zero-order chi connectivity index (χ0) is 96.5. The van der Waals surface area contributed by atoms with Crippen molar-refractivity contribution < 1.29 is 272 Å². The molecule has 0 radical (unpaired) electrons. The van der Waals surface area contributed by atoms with E-state index in [0.717, 1.165) is 13.8 Å². The Labute approximate surface area is 743 Å². The molecule has 11 saturated heterocycles. The third kappa shape index (κ3) is 23.4. The van der Waals surface area contributed by atoms with Gasteiger partial charge in [-0.2, -0.15) is 0 Å². The third-order valence-corrected chi connectivity index (χ3v) is 24.7. The highest BCUT2D eigenvalue weighted by Crippen LogP contribution is 2.43. The zero-order valence-electron chi connectivity index (χ0n) is 70.7. The number of aliphatic hydroxyl groups excluding tert-OH is 32. The number of amides is 2. The van der Waals surface area contributed by atoms with Crippen LogP contribution in [0.3, 0.4) is 0 Å². The molecule has 11 fully saturated rings. The standard InChI is InChI=1S/C74H126N2O55/c1-17(86)75-30-41(97)55(26(13-84)113-63(30)74(3,4)5)124-64-31(76-18(2)87)42(98)56(27(14-85)121-64)125-69-54(110)58(127-72-62(49(105)38(94)24(11-82)119-72)131-73-61(48(104)37(93)25(12-83)120-73)130-68-52(108)45(101)34(90)21(8-79)116-68)40(96)29(123-69)15-111-65-53(109)57(126-71-60(47(103)36(92)23(10-81)118-71)129-67-51(107)44(100)33(89)20(7-78)115-67)39(95)28(122-65)16-112-70-59(46(102)35(91)22(9-80)117-70)128-66-50(106)43(99)32(88)19(6-77)114-66/h19-73,77-85,88-110H,6-16H2,1-5H3,(H,75,86)(H,76,87)/t19?,20-,21-,22?,23-,24-,25-,26?,27?,28?,29?,30?,31?,32+,33-,34-,35+,36-,37-,38-,39+,40+,41-,42-,43+,44?,45?,46+,47?,48?,49?,50?,51?,52?,53?,54?,55+,56+,57+,58+,59?,60?,61?,62?,63?,64+,65-,66+,67-,68-,69+,70-,71-,72-,73-/m1/s1. The van der Waals surface area contributed by atoms with E-state index in [1.54, 1.807) is 20.8 Å². The number of aliphatic hydroxyl groups is 32. The van der Waals surface area contributed by atoms with Crippen molar-refractivity contribution in [1.29, 1.82) is 0 Å². The first kappa shape index (κ1) is 108. The quantitative estimate of drug-likeness (QED) is 0.0290. The van der Waals surface area contributed by atoms with Gasteiger partial charge in [-0.05, 0) is 5.41 Å². The third-order valence-electron chi connectivity index (χ3n) is 24.7. The van der Waals surface area contributed by atoms with E-state index in [2.05, 4.69) is 10.6 Å². The van der Waals surface area contributed by atoms with Crippen LogP contribution in [-0.4, -0.2) is 585 Å². The molecule has 23 unspecified atom stereocenters. The van der Waals surface area contributed by atoms with Gasteiger partial charge in [0, 0.05) is 13.8 Å². The van der Waals surface area contributed by atoms with Gasteiger partial charge in [0.2, 0.25) is 11.8 Å². The highest BCUT2D eigenvalue weighted by Gasteiger charge is 2.63. The average Bonchev–Trinajstić information content (AvgIpc) is 0.729. The molecule has 762 valence electrons. The van der Waals surface area contributed by atoms with Crippen LogP contribution in [0.15, 0.2) is 0 Å². The molecule has 0 spiro atoms. The summed E-state index contributed by atoms with van der Waals surface area (Å²) in [6.45, 7) is -5.42. The molecule has 11 heterocycles. The predicted molar refractivity (Wildman–Crippen MR) is 403 cm³/mol. The Kier molecular flexibility index (Phi) is 38.4. The molecule has 0 aromatic heterocycles. The van der Waals surface area contributed by atoms with Crippen molar-refractivity contribution in [2.45, 2.75) is 372 Å². The molecule has 11 rings (SSSR count). The Balaban J connectivity index is 0.966. The lowest BCUT2D eigenvalue weighted by Crippen LogP contribution is -2.71. The number of rotatable bonds is 33. The smallest absolute Gasteiger partial charge is 0.217 e. The lowest BCUT2D eigenvalue weighted by molar-refractivity contribution is -0.408.